The molecule has 0 bridgehead atoms. The molecule has 0 saturated heterocycles. The molecule has 0 fully saturated rings. The summed E-state index contributed by atoms with van der Waals surface area (Å²) in [5.74, 6) is -1.15. The average Bonchev–Trinajstić information content (AvgIpc) is 2.33. The minimum Gasteiger partial charge on any atom is -0.507 e. The van der Waals surface area contributed by atoms with Crippen LogP contribution < -0.4 is 0 Å². The molecule has 0 atom stereocenters. The van der Waals surface area contributed by atoms with E-state index in [-0.39, 0.29) is 17.1 Å². The molecule has 0 aromatic heterocycles. The molecule has 4 heteroatoms. The monoisotopic (exact) mass is 247 g/mol. The maximum atomic E-state index is 13.4. The van der Waals surface area contributed by atoms with Crippen LogP contribution in [0.25, 0.3) is 0 Å². The first-order valence-electron chi connectivity index (χ1n) is 5.36. The van der Waals surface area contributed by atoms with Gasteiger partial charge in [-0.2, -0.15) is 0 Å². The molecule has 18 heavy (non-hydrogen) atoms. The van der Waals surface area contributed by atoms with Gasteiger partial charge in [0, 0.05) is 11.8 Å². The molecule has 2 aromatic rings. The quantitative estimate of drug-likeness (QED) is 0.806. The van der Waals surface area contributed by atoms with Gasteiger partial charge in [-0.3, -0.25) is 4.99 Å². The lowest BCUT2D eigenvalue weighted by Crippen LogP contribution is -1.89. The topological polar surface area (TPSA) is 32.6 Å². The van der Waals surface area contributed by atoms with Gasteiger partial charge in [0.25, 0.3) is 0 Å². The van der Waals surface area contributed by atoms with Gasteiger partial charge in [-0.1, -0.05) is 12.1 Å². The number of phenols is 1. The minimum atomic E-state index is -0.576. The summed E-state index contributed by atoms with van der Waals surface area (Å²) < 4.78 is 26.7. The van der Waals surface area contributed by atoms with E-state index in [4.69, 9.17) is 0 Å². The standard InChI is InChI=1S/C14H11F2NO/c1-9-11(15)4-2-6-13(9)17-8-10-12(16)5-3-7-14(10)18/h2-8,18H,1H3. The molecule has 0 unspecified atom stereocenters. The number of aromatic hydroxyl groups is 1. The number of benzene rings is 2. The lowest BCUT2D eigenvalue weighted by Gasteiger charge is -2.02. The van der Waals surface area contributed by atoms with E-state index in [0.29, 0.717) is 11.3 Å². The smallest absolute Gasteiger partial charge is 0.135 e. The van der Waals surface area contributed by atoms with E-state index in [9.17, 15) is 13.9 Å². The molecular weight excluding hydrogens is 236 g/mol. The maximum Gasteiger partial charge on any atom is 0.135 e. The number of nitrogens with zero attached hydrogens (tertiary/aromatic N) is 1. The van der Waals surface area contributed by atoms with Crippen LogP contribution in [-0.2, 0) is 0 Å². The average molecular weight is 247 g/mol. The third-order valence-corrected chi connectivity index (χ3v) is 2.60. The summed E-state index contributed by atoms with van der Waals surface area (Å²) in [4.78, 5) is 3.99. The van der Waals surface area contributed by atoms with Crippen LogP contribution in [0.3, 0.4) is 0 Å². The summed E-state index contributed by atoms with van der Waals surface area (Å²) >= 11 is 0. The van der Waals surface area contributed by atoms with E-state index in [2.05, 4.69) is 4.99 Å². The second-order valence-corrected chi connectivity index (χ2v) is 3.81. The number of phenolic OH excluding ortho intramolecular Hbond substituents is 1. The van der Waals surface area contributed by atoms with E-state index in [1.165, 1.54) is 36.5 Å². The highest BCUT2D eigenvalue weighted by atomic mass is 19.1. The van der Waals surface area contributed by atoms with Gasteiger partial charge in [0.15, 0.2) is 0 Å². The van der Waals surface area contributed by atoms with Crippen LogP contribution in [0.4, 0.5) is 14.5 Å². The zero-order valence-corrected chi connectivity index (χ0v) is 9.69. The highest BCUT2D eigenvalue weighted by Crippen LogP contribution is 2.22. The normalized spacial score (nSPS) is 11.1. The maximum absolute atomic E-state index is 13.4. The van der Waals surface area contributed by atoms with Crippen molar-refractivity contribution in [1.29, 1.82) is 0 Å². The molecule has 2 rings (SSSR count). The van der Waals surface area contributed by atoms with E-state index in [0.717, 1.165) is 0 Å². The first kappa shape index (κ1) is 12.2. The van der Waals surface area contributed by atoms with Crippen molar-refractivity contribution in [3.05, 3.63) is 59.2 Å². The van der Waals surface area contributed by atoms with Gasteiger partial charge in [-0.15, -0.1) is 0 Å². The molecule has 92 valence electrons. The number of halogens is 2. The molecule has 2 aromatic carbocycles. The van der Waals surface area contributed by atoms with Gasteiger partial charge in [0.1, 0.15) is 17.4 Å². The Balaban J connectivity index is 2.39. The molecule has 0 amide bonds. The first-order valence-corrected chi connectivity index (χ1v) is 5.36. The minimum absolute atomic E-state index is 0.0128. The third kappa shape index (κ3) is 2.37. The first-order chi connectivity index (χ1) is 8.59. The van der Waals surface area contributed by atoms with Crippen LogP contribution in [0.15, 0.2) is 41.4 Å². The van der Waals surface area contributed by atoms with Crippen molar-refractivity contribution < 1.29 is 13.9 Å². The Labute approximate surface area is 103 Å². The predicted molar refractivity (Wildman–Crippen MR) is 66.5 cm³/mol. The SMILES string of the molecule is Cc1c(F)cccc1N=Cc1c(O)cccc1F. The Hall–Kier alpha value is -2.23. The van der Waals surface area contributed by atoms with Gasteiger partial charge >= 0.3 is 0 Å². The van der Waals surface area contributed by atoms with E-state index >= 15 is 0 Å². The zero-order chi connectivity index (χ0) is 13.1. The van der Waals surface area contributed by atoms with Gasteiger partial charge < -0.3 is 5.11 Å². The molecule has 0 aliphatic rings. The lowest BCUT2D eigenvalue weighted by molar-refractivity contribution is 0.468. The third-order valence-electron chi connectivity index (χ3n) is 2.60. The van der Waals surface area contributed by atoms with Gasteiger partial charge in [-0.05, 0) is 31.2 Å². The van der Waals surface area contributed by atoms with Crippen molar-refractivity contribution in [2.24, 2.45) is 4.99 Å². The van der Waals surface area contributed by atoms with Gasteiger partial charge in [0.2, 0.25) is 0 Å². The van der Waals surface area contributed by atoms with Crippen LogP contribution in [0.1, 0.15) is 11.1 Å². The van der Waals surface area contributed by atoms with E-state index in [1.807, 2.05) is 0 Å². The summed E-state index contributed by atoms with van der Waals surface area (Å²) in [6.45, 7) is 1.59. The molecule has 1 N–H and O–H groups in total. The molecule has 0 radical (unpaired) electrons. The largest absolute Gasteiger partial charge is 0.507 e. The summed E-state index contributed by atoms with van der Waals surface area (Å²) in [5.41, 5.74) is 0.767. The number of aliphatic imine (C=N–C) groups is 1. The van der Waals surface area contributed by atoms with Crippen LogP contribution in [-0.4, -0.2) is 11.3 Å². The van der Waals surface area contributed by atoms with Crippen LogP contribution in [0.2, 0.25) is 0 Å². The Morgan fingerprint density at radius 2 is 1.72 bits per heavy atom. The van der Waals surface area contributed by atoms with Crippen LogP contribution in [0, 0.1) is 18.6 Å². The summed E-state index contributed by atoms with van der Waals surface area (Å²) in [6, 6.07) is 8.45. The van der Waals surface area contributed by atoms with Crippen molar-refractivity contribution in [1.82, 2.24) is 0 Å². The van der Waals surface area contributed by atoms with Crippen LogP contribution in [0.5, 0.6) is 5.75 Å². The van der Waals surface area contributed by atoms with Gasteiger partial charge in [0.05, 0.1) is 11.3 Å². The Morgan fingerprint density at radius 3 is 2.44 bits per heavy atom. The van der Waals surface area contributed by atoms with Crippen molar-refractivity contribution >= 4 is 11.9 Å². The fourth-order valence-electron chi connectivity index (χ4n) is 1.52. The van der Waals surface area contributed by atoms with E-state index < -0.39 is 5.82 Å². The fraction of sp³-hybridized carbons (Fsp3) is 0.0714. The Bertz CT molecular complexity index is 588. The molecule has 0 saturated carbocycles. The molecule has 0 heterocycles. The number of rotatable bonds is 2. The summed E-state index contributed by atoms with van der Waals surface area (Å²) in [6.07, 6.45) is 1.19. The highest BCUT2D eigenvalue weighted by molar-refractivity contribution is 5.85. The highest BCUT2D eigenvalue weighted by Gasteiger charge is 2.05. The Morgan fingerprint density at radius 1 is 1.06 bits per heavy atom. The second kappa shape index (κ2) is 4.96. The second-order valence-electron chi connectivity index (χ2n) is 3.81. The summed E-state index contributed by atoms with van der Waals surface area (Å²) in [5, 5.41) is 9.49. The predicted octanol–water partition coefficient (Wildman–Crippen LogP) is 3.73. The summed E-state index contributed by atoms with van der Waals surface area (Å²) in [7, 11) is 0. The zero-order valence-electron chi connectivity index (χ0n) is 9.69. The fourth-order valence-corrected chi connectivity index (χ4v) is 1.52. The molecule has 2 nitrogen and oxygen atoms in total. The number of hydrogen-bond acceptors (Lipinski definition) is 2. The van der Waals surface area contributed by atoms with Crippen LogP contribution >= 0.6 is 0 Å². The van der Waals surface area contributed by atoms with Crippen molar-refractivity contribution in [2.45, 2.75) is 6.92 Å². The van der Waals surface area contributed by atoms with E-state index in [1.54, 1.807) is 13.0 Å². The lowest BCUT2D eigenvalue weighted by atomic mass is 10.2. The molecule has 0 aliphatic carbocycles. The molecule has 0 aliphatic heterocycles. The van der Waals surface area contributed by atoms with Crippen molar-refractivity contribution in [3.8, 4) is 5.75 Å². The molecule has 0 spiro atoms. The Kier molecular flexibility index (Phi) is 3.37. The molecular formula is C14H11F2NO. The number of hydrogen-bond donors (Lipinski definition) is 1. The van der Waals surface area contributed by atoms with Gasteiger partial charge in [-0.25, -0.2) is 8.78 Å². The van der Waals surface area contributed by atoms with Crippen molar-refractivity contribution in [2.75, 3.05) is 0 Å². The van der Waals surface area contributed by atoms with Crippen molar-refractivity contribution in [3.63, 3.8) is 0 Å².